The van der Waals surface area contributed by atoms with Gasteiger partial charge in [-0.1, -0.05) is 36.0 Å². The zero-order valence-corrected chi connectivity index (χ0v) is 12.8. The first-order valence-electron chi connectivity index (χ1n) is 7.20. The Morgan fingerprint density at radius 2 is 2.05 bits per heavy atom. The maximum Gasteiger partial charge on any atom is 0.219 e. The van der Waals surface area contributed by atoms with Crippen molar-refractivity contribution in [2.24, 2.45) is 0 Å². The molecule has 2 heterocycles. The predicted octanol–water partition coefficient (Wildman–Crippen LogP) is 3.92. The number of hydrogen-bond donors (Lipinski definition) is 0. The van der Waals surface area contributed by atoms with E-state index in [-0.39, 0.29) is 11.9 Å². The van der Waals surface area contributed by atoms with Crippen LogP contribution in [0.4, 0.5) is 0 Å². The highest BCUT2D eigenvalue weighted by Gasteiger charge is 2.27. The lowest BCUT2D eigenvalue weighted by Crippen LogP contribution is -2.28. The van der Waals surface area contributed by atoms with Crippen molar-refractivity contribution in [3.63, 3.8) is 0 Å². The summed E-state index contributed by atoms with van der Waals surface area (Å²) in [6.07, 6.45) is 4.02. The van der Waals surface area contributed by atoms with Crippen molar-refractivity contribution in [3.05, 3.63) is 54.2 Å². The van der Waals surface area contributed by atoms with Crippen molar-refractivity contribution in [2.45, 2.75) is 35.7 Å². The van der Waals surface area contributed by atoms with Crippen LogP contribution < -0.4 is 0 Å². The average molecular weight is 298 g/mol. The van der Waals surface area contributed by atoms with Crippen LogP contribution in [0.15, 0.2) is 58.6 Å². The highest BCUT2D eigenvalue weighted by Crippen LogP contribution is 2.33. The fourth-order valence-electron chi connectivity index (χ4n) is 2.75. The van der Waals surface area contributed by atoms with Gasteiger partial charge in [0.2, 0.25) is 5.91 Å². The second-order valence-electron chi connectivity index (χ2n) is 5.22. The average Bonchev–Trinajstić information content (AvgIpc) is 2.99. The number of aromatic nitrogens is 1. The minimum absolute atomic E-state index is 0.153. The third-order valence-corrected chi connectivity index (χ3v) is 4.73. The minimum atomic E-state index is 0.153. The fourth-order valence-corrected chi connectivity index (χ4v) is 3.52. The predicted molar refractivity (Wildman–Crippen MR) is 84.2 cm³/mol. The molecule has 4 heteroatoms. The van der Waals surface area contributed by atoms with Crippen molar-refractivity contribution in [2.75, 3.05) is 6.54 Å². The Labute approximate surface area is 129 Å². The van der Waals surface area contributed by atoms with Crippen molar-refractivity contribution in [1.29, 1.82) is 0 Å². The Bertz CT molecular complexity index is 612. The first-order chi connectivity index (χ1) is 10.2. The molecule has 1 aromatic heterocycles. The molecule has 108 valence electrons. The molecular weight excluding hydrogens is 280 g/mol. The van der Waals surface area contributed by atoms with Gasteiger partial charge in [0.1, 0.15) is 5.03 Å². The molecule has 0 N–H and O–H groups in total. The topological polar surface area (TPSA) is 33.2 Å². The summed E-state index contributed by atoms with van der Waals surface area (Å²) in [5.41, 5.74) is 1.14. The molecule has 0 radical (unpaired) electrons. The fraction of sp³-hybridized carbons (Fsp3) is 0.294. The summed E-state index contributed by atoms with van der Waals surface area (Å²) in [7, 11) is 0. The van der Waals surface area contributed by atoms with Crippen LogP contribution in [0, 0.1) is 0 Å². The monoisotopic (exact) mass is 298 g/mol. The zero-order chi connectivity index (χ0) is 14.7. The zero-order valence-electron chi connectivity index (χ0n) is 12.0. The van der Waals surface area contributed by atoms with E-state index in [9.17, 15) is 4.79 Å². The Balaban J connectivity index is 1.73. The van der Waals surface area contributed by atoms with Crippen LogP contribution in [0.5, 0.6) is 0 Å². The third-order valence-electron chi connectivity index (χ3n) is 3.77. The summed E-state index contributed by atoms with van der Waals surface area (Å²) in [5.74, 6) is 0.153. The molecule has 0 bridgehead atoms. The number of carbonyl (C=O) groups excluding carboxylic acids is 1. The van der Waals surface area contributed by atoms with Crippen LogP contribution in [0.25, 0.3) is 0 Å². The molecule has 0 aliphatic carbocycles. The molecule has 3 rings (SSSR count). The molecule has 21 heavy (non-hydrogen) atoms. The normalized spacial score (nSPS) is 18.0. The van der Waals surface area contributed by atoms with Gasteiger partial charge in [0.05, 0.1) is 6.04 Å². The van der Waals surface area contributed by atoms with E-state index in [0.717, 1.165) is 30.0 Å². The lowest BCUT2D eigenvalue weighted by Gasteiger charge is -2.23. The molecule has 1 amide bonds. The molecule has 1 atom stereocenters. The Morgan fingerprint density at radius 3 is 2.71 bits per heavy atom. The second-order valence-corrected chi connectivity index (χ2v) is 6.31. The first kappa shape index (κ1) is 14.1. The van der Waals surface area contributed by atoms with Crippen molar-refractivity contribution < 1.29 is 4.79 Å². The molecule has 1 aromatic carbocycles. The van der Waals surface area contributed by atoms with Gasteiger partial charge in [0, 0.05) is 24.6 Å². The Kier molecular flexibility index (Phi) is 4.25. The molecule has 1 fully saturated rings. The van der Waals surface area contributed by atoms with Gasteiger partial charge in [-0.05, 0) is 36.6 Å². The van der Waals surface area contributed by atoms with Gasteiger partial charge < -0.3 is 4.90 Å². The molecule has 2 aromatic rings. The molecule has 1 aliphatic rings. The quantitative estimate of drug-likeness (QED) is 0.861. The van der Waals surface area contributed by atoms with Crippen LogP contribution in [-0.2, 0) is 4.79 Å². The highest BCUT2D eigenvalue weighted by atomic mass is 32.2. The van der Waals surface area contributed by atoms with E-state index in [1.54, 1.807) is 18.7 Å². The van der Waals surface area contributed by atoms with Crippen LogP contribution in [0.1, 0.15) is 31.4 Å². The Hall–Kier alpha value is -1.81. The minimum Gasteiger partial charge on any atom is -0.336 e. The number of pyridine rings is 1. The molecule has 1 aliphatic heterocycles. The van der Waals surface area contributed by atoms with Crippen molar-refractivity contribution >= 4 is 17.7 Å². The van der Waals surface area contributed by atoms with Gasteiger partial charge in [-0.3, -0.25) is 4.79 Å². The van der Waals surface area contributed by atoms with E-state index < -0.39 is 0 Å². The van der Waals surface area contributed by atoms with Gasteiger partial charge >= 0.3 is 0 Å². The number of benzene rings is 1. The molecule has 0 spiro atoms. The largest absolute Gasteiger partial charge is 0.336 e. The maximum atomic E-state index is 11.6. The molecule has 1 unspecified atom stereocenters. The number of rotatable bonds is 3. The highest BCUT2D eigenvalue weighted by molar-refractivity contribution is 7.99. The van der Waals surface area contributed by atoms with E-state index in [1.165, 1.54) is 4.90 Å². The van der Waals surface area contributed by atoms with Crippen LogP contribution in [0.2, 0.25) is 0 Å². The van der Waals surface area contributed by atoms with E-state index in [0.29, 0.717) is 0 Å². The number of amides is 1. The van der Waals surface area contributed by atoms with E-state index in [4.69, 9.17) is 0 Å². The van der Waals surface area contributed by atoms with Gasteiger partial charge in [-0.2, -0.15) is 0 Å². The summed E-state index contributed by atoms with van der Waals surface area (Å²) in [6.45, 7) is 2.51. The van der Waals surface area contributed by atoms with Crippen LogP contribution >= 0.6 is 11.8 Å². The summed E-state index contributed by atoms with van der Waals surface area (Å²) < 4.78 is 0. The number of nitrogens with zero attached hydrogens (tertiary/aromatic N) is 2. The summed E-state index contributed by atoms with van der Waals surface area (Å²) >= 11 is 1.65. The van der Waals surface area contributed by atoms with Gasteiger partial charge in [-0.15, -0.1) is 0 Å². The van der Waals surface area contributed by atoms with Crippen LogP contribution in [-0.4, -0.2) is 22.3 Å². The molecular formula is C17H18N2OS. The molecule has 3 nitrogen and oxygen atoms in total. The van der Waals surface area contributed by atoms with Crippen molar-refractivity contribution in [1.82, 2.24) is 9.88 Å². The smallest absolute Gasteiger partial charge is 0.219 e. The van der Waals surface area contributed by atoms with Gasteiger partial charge in [-0.25, -0.2) is 4.98 Å². The lowest BCUT2D eigenvalue weighted by molar-refractivity contribution is -0.129. The summed E-state index contributed by atoms with van der Waals surface area (Å²) in [6, 6.07) is 14.6. The van der Waals surface area contributed by atoms with Gasteiger partial charge in [0.15, 0.2) is 0 Å². The van der Waals surface area contributed by atoms with Crippen molar-refractivity contribution in [3.8, 4) is 0 Å². The summed E-state index contributed by atoms with van der Waals surface area (Å²) in [5, 5.41) is 0.984. The van der Waals surface area contributed by atoms with Crippen LogP contribution in [0.3, 0.4) is 0 Å². The SMILES string of the molecule is CC(=O)N1CCCC1c1ccc(Sc2ccccc2)nc1. The standard InChI is InChI=1S/C17H18N2OS/c1-13(20)19-11-5-8-16(19)14-9-10-17(18-12-14)21-15-6-3-2-4-7-15/h2-4,6-7,9-10,12,16H,5,8,11H2,1H3. The number of carbonyl (C=O) groups is 1. The summed E-state index contributed by atoms with van der Waals surface area (Å²) in [4.78, 5) is 19.3. The van der Waals surface area contributed by atoms with E-state index in [2.05, 4.69) is 23.2 Å². The van der Waals surface area contributed by atoms with E-state index in [1.807, 2.05) is 35.4 Å². The van der Waals surface area contributed by atoms with Gasteiger partial charge in [0.25, 0.3) is 0 Å². The maximum absolute atomic E-state index is 11.6. The second kappa shape index (κ2) is 6.31. The lowest BCUT2D eigenvalue weighted by atomic mass is 10.1. The number of likely N-dealkylation sites (tertiary alicyclic amines) is 1. The molecule has 1 saturated heterocycles. The molecule has 0 saturated carbocycles. The third kappa shape index (κ3) is 3.27. The Morgan fingerprint density at radius 1 is 1.24 bits per heavy atom. The van der Waals surface area contributed by atoms with E-state index >= 15 is 0 Å². The number of hydrogen-bond acceptors (Lipinski definition) is 3. The first-order valence-corrected chi connectivity index (χ1v) is 8.02.